The molecule has 1 aliphatic rings. The van der Waals surface area contributed by atoms with Crippen molar-refractivity contribution in [2.24, 2.45) is 11.8 Å². The van der Waals surface area contributed by atoms with Crippen molar-refractivity contribution in [1.29, 1.82) is 0 Å². The average molecular weight is 456 g/mol. The number of piperidine rings is 1. The van der Waals surface area contributed by atoms with Crippen LogP contribution >= 0.6 is 0 Å². The van der Waals surface area contributed by atoms with Crippen molar-refractivity contribution < 1.29 is 31.1 Å². The van der Waals surface area contributed by atoms with Gasteiger partial charge in [0.2, 0.25) is 10.0 Å². The van der Waals surface area contributed by atoms with Gasteiger partial charge in [-0.05, 0) is 60.7 Å². The van der Waals surface area contributed by atoms with Crippen molar-refractivity contribution in [3.63, 3.8) is 0 Å². The first-order valence-corrected chi connectivity index (χ1v) is 11.2. The van der Waals surface area contributed by atoms with E-state index in [0.29, 0.717) is 13.1 Å². The van der Waals surface area contributed by atoms with Crippen LogP contribution in [0.4, 0.5) is 18.9 Å². The van der Waals surface area contributed by atoms with Gasteiger partial charge in [0, 0.05) is 24.3 Å². The standard InChI is InChI=1S/C21H23F3N2O4S/c1-14-10-15(2)13-26(12-14)31(28,29)19-5-3-4-16(11-19)20(27)25-17-6-8-18(9-7-17)30-21(22,23)24/h3-9,11,14-15H,10,12-13H2,1-2H3,(H,25,27). The van der Waals surface area contributed by atoms with Gasteiger partial charge in [-0.2, -0.15) is 4.31 Å². The first kappa shape index (κ1) is 23.1. The largest absolute Gasteiger partial charge is 0.573 e. The third-order valence-corrected chi connectivity index (χ3v) is 6.74. The summed E-state index contributed by atoms with van der Waals surface area (Å²) in [4.78, 5) is 12.6. The van der Waals surface area contributed by atoms with E-state index in [1.807, 2.05) is 13.8 Å². The summed E-state index contributed by atoms with van der Waals surface area (Å²) in [6, 6.07) is 10.4. The van der Waals surface area contributed by atoms with Crippen LogP contribution in [0.25, 0.3) is 0 Å². The molecule has 2 atom stereocenters. The van der Waals surface area contributed by atoms with E-state index >= 15 is 0 Å². The summed E-state index contributed by atoms with van der Waals surface area (Å²) in [5, 5.41) is 2.54. The van der Waals surface area contributed by atoms with E-state index in [2.05, 4.69) is 10.1 Å². The zero-order valence-corrected chi connectivity index (χ0v) is 17.8. The molecule has 2 aromatic carbocycles. The SMILES string of the molecule is CC1CC(C)CN(S(=O)(=O)c2cccc(C(=O)Nc3ccc(OC(F)(F)F)cc3)c2)C1. The van der Waals surface area contributed by atoms with Gasteiger partial charge in [0.25, 0.3) is 5.91 Å². The van der Waals surface area contributed by atoms with Crippen LogP contribution in [0.3, 0.4) is 0 Å². The minimum atomic E-state index is -4.80. The van der Waals surface area contributed by atoms with Crippen LogP contribution in [-0.2, 0) is 10.0 Å². The predicted octanol–water partition coefficient (Wildman–Crippen LogP) is 4.50. The number of halogens is 3. The number of carbonyl (C=O) groups is 1. The summed E-state index contributed by atoms with van der Waals surface area (Å²) < 4.78 is 68.1. The number of alkyl halides is 3. The topological polar surface area (TPSA) is 75.7 Å². The van der Waals surface area contributed by atoms with E-state index in [1.54, 1.807) is 0 Å². The molecule has 31 heavy (non-hydrogen) atoms. The maximum absolute atomic E-state index is 13.1. The number of nitrogens with zero attached hydrogens (tertiary/aromatic N) is 1. The molecule has 0 saturated carbocycles. The van der Waals surface area contributed by atoms with Crippen molar-refractivity contribution in [2.75, 3.05) is 18.4 Å². The molecule has 1 amide bonds. The Bertz CT molecular complexity index is 1030. The number of amides is 1. The number of anilines is 1. The fourth-order valence-electron chi connectivity index (χ4n) is 3.69. The van der Waals surface area contributed by atoms with Gasteiger partial charge in [-0.25, -0.2) is 8.42 Å². The number of nitrogens with one attached hydrogen (secondary N) is 1. The zero-order valence-electron chi connectivity index (χ0n) is 17.0. The Morgan fingerprint density at radius 1 is 1.06 bits per heavy atom. The van der Waals surface area contributed by atoms with E-state index in [-0.39, 0.29) is 28.0 Å². The van der Waals surface area contributed by atoms with Crippen LogP contribution in [-0.4, -0.2) is 38.1 Å². The highest BCUT2D eigenvalue weighted by atomic mass is 32.2. The average Bonchev–Trinajstić information content (AvgIpc) is 2.67. The number of hydrogen-bond acceptors (Lipinski definition) is 4. The fraction of sp³-hybridized carbons (Fsp3) is 0.381. The van der Waals surface area contributed by atoms with Crippen molar-refractivity contribution >= 4 is 21.6 Å². The Hall–Kier alpha value is -2.59. The number of benzene rings is 2. The zero-order chi connectivity index (χ0) is 22.8. The van der Waals surface area contributed by atoms with Crippen LogP contribution < -0.4 is 10.1 Å². The third kappa shape index (κ3) is 5.98. The molecular formula is C21H23F3N2O4S. The molecule has 168 valence electrons. The van der Waals surface area contributed by atoms with Gasteiger partial charge < -0.3 is 10.1 Å². The summed E-state index contributed by atoms with van der Waals surface area (Å²) in [7, 11) is -3.75. The molecule has 0 aromatic heterocycles. The quantitative estimate of drug-likeness (QED) is 0.719. The molecule has 0 radical (unpaired) electrons. The van der Waals surface area contributed by atoms with Crippen LogP contribution in [0.15, 0.2) is 53.4 Å². The van der Waals surface area contributed by atoms with Gasteiger partial charge in [0.05, 0.1) is 4.90 Å². The molecule has 6 nitrogen and oxygen atoms in total. The van der Waals surface area contributed by atoms with Gasteiger partial charge in [0.1, 0.15) is 5.75 Å². The lowest BCUT2D eigenvalue weighted by Gasteiger charge is -2.34. The van der Waals surface area contributed by atoms with Crippen LogP contribution in [0.2, 0.25) is 0 Å². The van der Waals surface area contributed by atoms with E-state index in [4.69, 9.17) is 0 Å². The van der Waals surface area contributed by atoms with Crippen molar-refractivity contribution in [3.8, 4) is 5.75 Å². The van der Waals surface area contributed by atoms with E-state index in [9.17, 15) is 26.4 Å². The number of sulfonamides is 1. The molecular weight excluding hydrogens is 433 g/mol. The van der Waals surface area contributed by atoms with E-state index in [0.717, 1.165) is 18.6 Å². The first-order chi connectivity index (χ1) is 14.4. The molecule has 1 heterocycles. The summed E-state index contributed by atoms with van der Waals surface area (Å²) in [5.41, 5.74) is 0.362. The molecule has 1 aliphatic heterocycles. The van der Waals surface area contributed by atoms with Crippen LogP contribution in [0, 0.1) is 11.8 Å². The first-order valence-electron chi connectivity index (χ1n) is 9.71. The van der Waals surface area contributed by atoms with Gasteiger partial charge in [0.15, 0.2) is 0 Å². The molecule has 1 N–H and O–H groups in total. The Morgan fingerprint density at radius 3 is 2.26 bits per heavy atom. The Kier molecular flexibility index (Phi) is 6.61. The lowest BCUT2D eigenvalue weighted by atomic mass is 9.94. The van der Waals surface area contributed by atoms with Crippen LogP contribution in [0.5, 0.6) is 5.75 Å². The van der Waals surface area contributed by atoms with E-state index in [1.165, 1.54) is 40.7 Å². The normalized spacial score (nSPS) is 20.3. The summed E-state index contributed by atoms with van der Waals surface area (Å²) in [6.07, 6.45) is -3.85. The molecule has 2 aromatic rings. The molecule has 2 unspecified atom stereocenters. The smallest absolute Gasteiger partial charge is 0.406 e. The minimum Gasteiger partial charge on any atom is -0.406 e. The van der Waals surface area contributed by atoms with E-state index < -0.39 is 28.0 Å². The summed E-state index contributed by atoms with van der Waals surface area (Å²) >= 11 is 0. The molecule has 3 rings (SSSR count). The van der Waals surface area contributed by atoms with Gasteiger partial charge in [-0.3, -0.25) is 4.79 Å². The molecule has 0 spiro atoms. The second-order valence-corrected chi connectivity index (χ2v) is 9.76. The number of ether oxygens (including phenoxy) is 1. The monoisotopic (exact) mass is 456 g/mol. The Morgan fingerprint density at radius 2 is 1.68 bits per heavy atom. The molecule has 0 aliphatic carbocycles. The van der Waals surface area contributed by atoms with Gasteiger partial charge in [-0.15, -0.1) is 13.2 Å². The molecule has 0 bridgehead atoms. The third-order valence-electron chi connectivity index (χ3n) is 4.92. The molecule has 1 saturated heterocycles. The highest BCUT2D eigenvalue weighted by Gasteiger charge is 2.32. The predicted molar refractivity (Wildman–Crippen MR) is 109 cm³/mol. The van der Waals surface area contributed by atoms with Gasteiger partial charge in [-0.1, -0.05) is 19.9 Å². The molecule has 10 heteroatoms. The fourth-order valence-corrected chi connectivity index (χ4v) is 5.42. The summed E-state index contributed by atoms with van der Waals surface area (Å²) in [5.74, 6) is -0.505. The second kappa shape index (κ2) is 8.88. The lowest BCUT2D eigenvalue weighted by Crippen LogP contribution is -2.42. The van der Waals surface area contributed by atoms with Crippen LogP contribution in [0.1, 0.15) is 30.6 Å². The number of carbonyl (C=O) groups excluding carboxylic acids is 1. The van der Waals surface area contributed by atoms with Crippen molar-refractivity contribution in [1.82, 2.24) is 4.31 Å². The lowest BCUT2D eigenvalue weighted by molar-refractivity contribution is -0.274. The maximum Gasteiger partial charge on any atom is 0.573 e. The number of hydrogen-bond donors (Lipinski definition) is 1. The summed E-state index contributed by atoms with van der Waals surface area (Å²) in [6.45, 7) is 4.87. The second-order valence-electron chi connectivity index (χ2n) is 7.82. The Labute approximate surface area is 179 Å². The maximum atomic E-state index is 13.1. The van der Waals surface area contributed by atoms with Gasteiger partial charge >= 0.3 is 6.36 Å². The minimum absolute atomic E-state index is 0.0235. The highest BCUT2D eigenvalue weighted by molar-refractivity contribution is 7.89. The Balaban J connectivity index is 1.74. The number of rotatable bonds is 5. The van der Waals surface area contributed by atoms with Crippen molar-refractivity contribution in [2.45, 2.75) is 31.5 Å². The highest BCUT2D eigenvalue weighted by Crippen LogP contribution is 2.27. The molecule has 1 fully saturated rings. The van der Waals surface area contributed by atoms with Crippen molar-refractivity contribution in [3.05, 3.63) is 54.1 Å².